The third kappa shape index (κ3) is 2.17. The number of benzene rings is 1. The molecule has 4 heteroatoms. The number of rotatable bonds is 3. The Kier molecular flexibility index (Phi) is 3.10. The van der Waals surface area contributed by atoms with Crippen LogP contribution in [0.5, 0.6) is 0 Å². The van der Waals surface area contributed by atoms with Crippen molar-refractivity contribution in [3.05, 3.63) is 29.6 Å². The average Bonchev–Trinajstić information content (AvgIpc) is 2.77. The zero-order chi connectivity index (χ0) is 11.5. The normalized spacial score (nSPS) is 10.2. The Balaban J connectivity index is 2.36. The van der Waals surface area contributed by atoms with E-state index in [0.717, 1.165) is 16.4 Å². The van der Waals surface area contributed by atoms with Crippen LogP contribution in [0.3, 0.4) is 0 Å². The second kappa shape index (κ2) is 4.53. The van der Waals surface area contributed by atoms with E-state index in [4.69, 9.17) is 0 Å². The summed E-state index contributed by atoms with van der Waals surface area (Å²) in [6.07, 6.45) is 0. The van der Waals surface area contributed by atoms with Crippen LogP contribution in [0, 0.1) is 0 Å². The predicted octanol–water partition coefficient (Wildman–Crippen LogP) is 2.92. The Labute approximate surface area is 99.8 Å². The van der Waals surface area contributed by atoms with Gasteiger partial charge in [0.05, 0.1) is 5.69 Å². The van der Waals surface area contributed by atoms with Gasteiger partial charge in [0.2, 0.25) is 0 Å². The summed E-state index contributed by atoms with van der Waals surface area (Å²) < 4.78 is 0. The van der Waals surface area contributed by atoms with Crippen LogP contribution in [0.4, 0.5) is 10.8 Å². The Morgan fingerprint density at radius 1 is 1.31 bits per heavy atom. The highest BCUT2D eigenvalue weighted by atomic mass is 32.1. The molecule has 1 aromatic heterocycles. The Morgan fingerprint density at radius 2 is 2.12 bits per heavy atom. The summed E-state index contributed by atoms with van der Waals surface area (Å²) in [7, 11) is 5.97. The lowest BCUT2D eigenvalue weighted by Gasteiger charge is -2.12. The van der Waals surface area contributed by atoms with Gasteiger partial charge in [0, 0.05) is 37.8 Å². The molecule has 16 heavy (non-hydrogen) atoms. The fraction of sp³-hybridized carbons (Fsp3) is 0.250. The molecule has 2 aromatic rings. The molecule has 0 fully saturated rings. The van der Waals surface area contributed by atoms with E-state index in [1.165, 1.54) is 5.69 Å². The number of thiazole rings is 1. The lowest BCUT2D eigenvalue weighted by molar-refractivity contribution is 1.13. The lowest BCUT2D eigenvalue weighted by atomic mass is 10.1. The first-order valence-corrected chi connectivity index (χ1v) is 5.99. The minimum absolute atomic E-state index is 0.949. The molecule has 3 nitrogen and oxygen atoms in total. The molecule has 0 amide bonds. The van der Waals surface area contributed by atoms with Crippen LogP contribution in [-0.2, 0) is 0 Å². The molecular formula is C12H15N3S. The van der Waals surface area contributed by atoms with E-state index in [0.29, 0.717) is 0 Å². The molecule has 0 radical (unpaired) electrons. The van der Waals surface area contributed by atoms with Gasteiger partial charge < -0.3 is 10.2 Å². The van der Waals surface area contributed by atoms with Gasteiger partial charge in [-0.05, 0) is 12.1 Å². The van der Waals surface area contributed by atoms with E-state index in [9.17, 15) is 0 Å². The fourth-order valence-electron chi connectivity index (χ4n) is 1.46. The summed E-state index contributed by atoms with van der Waals surface area (Å²) in [5, 5.41) is 6.07. The van der Waals surface area contributed by atoms with Crippen LogP contribution in [0.1, 0.15) is 0 Å². The first-order chi connectivity index (χ1) is 7.70. The molecular weight excluding hydrogens is 218 g/mol. The molecule has 0 aliphatic heterocycles. The van der Waals surface area contributed by atoms with Crippen molar-refractivity contribution in [2.45, 2.75) is 0 Å². The van der Waals surface area contributed by atoms with Gasteiger partial charge in [0.1, 0.15) is 0 Å². The smallest absolute Gasteiger partial charge is 0.182 e. The molecule has 0 saturated heterocycles. The summed E-state index contributed by atoms with van der Waals surface area (Å²) in [5.74, 6) is 0. The summed E-state index contributed by atoms with van der Waals surface area (Å²) in [6, 6.07) is 8.38. The molecule has 0 saturated carbocycles. The summed E-state index contributed by atoms with van der Waals surface area (Å²) in [4.78, 5) is 6.58. The van der Waals surface area contributed by atoms with Crippen molar-refractivity contribution in [1.29, 1.82) is 0 Å². The van der Waals surface area contributed by atoms with E-state index in [2.05, 4.69) is 44.8 Å². The number of aromatic nitrogens is 1. The monoisotopic (exact) mass is 233 g/mol. The van der Waals surface area contributed by atoms with Crippen LogP contribution in [0.2, 0.25) is 0 Å². The van der Waals surface area contributed by atoms with Crippen molar-refractivity contribution < 1.29 is 0 Å². The SMILES string of the molecule is CNc1nc(-c2cccc(N(C)C)c2)cs1. The fourth-order valence-corrected chi connectivity index (χ4v) is 2.15. The maximum atomic E-state index is 4.49. The van der Waals surface area contributed by atoms with Crippen LogP contribution >= 0.6 is 11.3 Å². The van der Waals surface area contributed by atoms with Crippen LogP contribution in [0.15, 0.2) is 29.6 Å². The van der Waals surface area contributed by atoms with Gasteiger partial charge in [-0.15, -0.1) is 11.3 Å². The molecule has 1 heterocycles. The van der Waals surface area contributed by atoms with Crippen LogP contribution < -0.4 is 10.2 Å². The van der Waals surface area contributed by atoms with Crippen molar-refractivity contribution in [3.8, 4) is 11.3 Å². The van der Waals surface area contributed by atoms with Crippen LogP contribution in [-0.4, -0.2) is 26.1 Å². The van der Waals surface area contributed by atoms with Gasteiger partial charge in [0.25, 0.3) is 0 Å². The summed E-state index contributed by atoms with van der Waals surface area (Å²) >= 11 is 1.62. The zero-order valence-electron chi connectivity index (χ0n) is 9.69. The number of hydrogen-bond acceptors (Lipinski definition) is 4. The Bertz CT molecular complexity index is 477. The van der Waals surface area contributed by atoms with Gasteiger partial charge in [-0.2, -0.15) is 0 Å². The Morgan fingerprint density at radius 3 is 2.75 bits per heavy atom. The molecule has 0 unspecified atom stereocenters. The maximum absolute atomic E-state index is 4.49. The van der Waals surface area contributed by atoms with E-state index < -0.39 is 0 Å². The third-order valence-electron chi connectivity index (χ3n) is 2.38. The van der Waals surface area contributed by atoms with Gasteiger partial charge in [-0.25, -0.2) is 4.98 Å². The van der Waals surface area contributed by atoms with Crippen molar-refractivity contribution in [1.82, 2.24) is 4.98 Å². The molecule has 0 aliphatic rings. The standard InChI is InChI=1S/C12H15N3S/c1-13-12-14-11(8-16-12)9-5-4-6-10(7-9)15(2)3/h4-8H,1-3H3,(H,13,14). The van der Waals surface area contributed by atoms with Gasteiger partial charge >= 0.3 is 0 Å². The predicted molar refractivity (Wildman–Crippen MR) is 71.4 cm³/mol. The maximum Gasteiger partial charge on any atom is 0.182 e. The van der Waals surface area contributed by atoms with Crippen molar-refractivity contribution in [3.63, 3.8) is 0 Å². The van der Waals surface area contributed by atoms with Crippen molar-refractivity contribution >= 4 is 22.2 Å². The van der Waals surface area contributed by atoms with Gasteiger partial charge in [-0.1, -0.05) is 12.1 Å². The zero-order valence-corrected chi connectivity index (χ0v) is 10.5. The largest absolute Gasteiger partial charge is 0.378 e. The topological polar surface area (TPSA) is 28.2 Å². The van der Waals surface area contributed by atoms with Crippen molar-refractivity contribution in [2.75, 3.05) is 31.4 Å². The highest BCUT2D eigenvalue weighted by Crippen LogP contribution is 2.27. The molecule has 1 aromatic carbocycles. The van der Waals surface area contributed by atoms with E-state index in [1.807, 2.05) is 21.1 Å². The molecule has 1 N–H and O–H groups in total. The molecule has 0 bridgehead atoms. The summed E-state index contributed by atoms with van der Waals surface area (Å²) in [6.45, 7) is 0. The third-order valence-corrected chi connectivity index (χ3v) is 3.24. The molecule has 0 spiro atoms. The molecule has 84 valence electrons. The number of anilines is 2. The molecule has 0 atom stereocenters. The highest BCUT2D eigenvalue weighted by molar-refractivity contribution is 7.14. The number of nitrogens with zero attached hydrogens (tertiary/aromatic N) is 2. The van der Waals surface area contributed by atoms with E-state index in [-0.39, 0.29) is 0 Å². The second-order valence-electron chi connectivity index (χ2n) is 3.73. The first-order valence-electron chi connectivity index (χ1n) is 5.12. The Hall–Kier alpha value is -1.55. The number of hydrogen-bond donors (Lipinski definition) is 1. The highest BCUT2D eigenvalue weighted by Gasteiger charge is 2.04. The minimum Gasteiger partial charge on any atom is -0.378 e. The second-order valence-corrected chi connectivity index (χ2v) is 4.59. The molecule has 2 rings (SSSR count). The lowest BCUT2D eigenvalue weighted by Crippen LogP contribution is -2.08. The van der Waals surface area contributed by atoms with Gasteiger partial charge in [0.15, 0.2) is 5.13 Å². The van der Waals surface area contributed by atoms with Crippen molar-refractivity contribution in [2.24, 2.45) is 0 Å². The van der Waals surface area contributed by atoms with Crippen LogP contribution in [0.25, 0.3) is 11.3 Å². The van der Waals surface area contributed by atoms with E-state index >= 15 is 0 Å². The van der Waals surface area contributed by atoms with Gasteiger partial charge in [-0.3, -0.25) is 0 Å². The minimum atomic E-state index is 0.949. The first kappa shape index (κ1) is 11.0. The average molecular weight is 233 g/mol. The molecule has 0 aliphatic carbocycles. The quantitative estimate of drug-likeness (QED) is 0.883. The summed E-state index contributed by atoms with van der Waals surface area (Å²) in [5.41, 5.74) is 3.37. The van der Waals surface area contributed by atoms with E-state index in [1.54, 1.807) is 11.3 Å². The number of nitrogens with one attached hydrogen (secondary N) is 1.